The number of pyridine rings is 1. The lowest BCUT2D eigenvalue weighted by molar-refractivity contribution is 0.0525. The second-order valence-corrected chi connectivity index (χ2v) is 5.67. The SMILES string of the molecule is Cc1ccnc(C(=O)CCCNC(=O)OC(C)(C)C)c1. The van der Waals surface area contributed by atoms with E-state index in [2.05, 4.69) is 10.3 Å². The van der Waals surface area contributed by atoms with E-state index in [1.165, 1.54) is 0 Å². The van der Waals surface area contributed by atoms with Gasteiger partial charge < -0.3 is 10.1 Å². The van der Waals surface area contributed by atoms with E-state index in [1.54, 1.807) is 33.0 Å². The molecule has 0 aliphatic carbocycles. The van der Waals surface area contributed by atoms with Crippen molar-refractivity contribution in [1.82, 2.24) is 10.3 Å². The molecule has 0 saturated heterocycles. The van der Waals surface area contributed by atoms with Gasteiger partial charge in [0.1, 0.15) is 11.3 Å². The van der Waals surface area contributed by atoms with E-state index in [4.69, 9.17) is 4.74 Å². The van der Waals surface area contributed by atoms with Crippen LogP contribution < -0.4 is 5.32 Å². The van der Waals surface area contributed by atoms with Crippen molar-refractivity contribution in [3.63, 3.8) is 0 Å². The first-order valence-corrected chi connectivity index (χ1v) is 6.70. The van der Waals surface area contributed by atoms with E-state index < -0.39 is 11.7 Å². The Morgan fingerprint density at radius 1 is 1.35 bits per heavy atom. The number of aromatic nitrogens is 1. The second-order valence-electron chi connectivity index (χ2n) is 5.67. The summed E-state index contributed by atoms with van der Waals surface area (Å²) < 4.78 is 5.10. The van der Waals surface area contributed by atoms with Crippen LogP contribution >= 0.6 is 0 Å². The summed E-state index contributed by atoms with van der Waals surface area (Å²) in [6, 6.07) is 3.62. The van der Waals surface area contributed by atoms with Crippen molar-refractivity contribution in [2.75, 3.05) is 6.54 Å². The van der Waals surface area contributed by atoms with Crippen molar-refractivity contribution >= 4 is 11.9 Å². The third-order valence-corrected chi connectivity index (χ3v) is 2.45. The molecule has 110 valence electrons. The molecule has 0 spiro atoms. The van der Waals surface area contributed by atoms with Crippen molar-refractivity contribution in [2.24, 2.45) is 0 Å². The van der Waals surface area contributed by atoms with Gasteiger partial charge in [-0.3, -0.25) is 9.78 Å². The molecule has 0 aliphatic heterocycles. The molecule has 1 N–H and O–H groups in total. The average Bonchev–Trinajstić information content (AvgIpc) is 2.32. The highest BCUT2D eigenvalue weighted by Gasteiger charge is 2.15. The summed E-state index contributed by atoms with van der Waals surface area (Å²) in [5.74, 6) is -0.0142. The number of carbonyl (C=O) groups is 2. The molecule has 5 nitrogen and oxygen atoms in total. The summed E-state index contributed by atoms with van der Waals surface area (Å²) in [4.78, 5) is 27.3. The van der Waals surface area contributed by atoms with Crippen molar-refractivity contribution in [2.45, 2.75) is 46.1 Å². The Balaban J connectivity index is 2.28. The van der Waals surface area contributed by atoms with Gasteiger partial charge in [-0.2, -0.15) is 0 Å². The number of Topliss-reactive ketones (excluding diaryl/α,β-unsaturated/α-hetero) is 1. The van der Waals surface area contributed by atoms with Crippen molar-refractivity contribution in [1.29, 1.82) is 0 Å². The fourth-order valence-corrected chi connectivity index (χ4v) is 1.57. The largest absolute Gasteiger partial charge is 0.444 e. The van der Waals surface area contributed by atoms with Gasteiger partial charge in [-0.15, -0.1) is 0 Å². The van der Waals surface area contributed by atoms with E-state index in [1.807, 2.05) is 13.0 Å². The molecule has 0 saturated carbocycles. The molecule has 1 amide bonds. The number of hydrogen-bond donors (Lipinski definition) is 1. The molecule has 0 unspecified atom stereocenters. The predicted molar refractivity (Wildman–Crippen MR) is 76.8 cm³/mol. The van der Waals surface area contributed by atoms with E-state index in [0.717, 1.165) is 5.56 Å². The van der Waals surface area contributed by atoms with Crippen molar-refractivity contribution in [3.05, 3.63) is 29.6 Å². The van der Waals surface area contributed by atoms with Crippen LogP contribution in [0.1, 0.15) is 49.7 Å². The van der Waals surface area contributed by atoms with Gasteiger partial charge in [0.25, 0.3) is 0 Å². The average molecular weight is 278 g/mol. The lowest BCUT2D eigenvalue weighted by Crippen LogP contribution is -2.33. The predicted octanol–water partition coefficient (Wildman–Crippen LogP) is 2.88. The highest BCUT2D eigenvalue weighted by Crippen LogP contribution is 2.07. The maximum atomic E-state index is 11.9. The van der Waals surface area contributed by atoms with Crippen LogP contribution in [-0.4, -0.2) is 29.0 Å². The van der Waals surface area contributed by atoms with Gasteiger partial charge in [-0.1, -0.05) is 0 Å². The minimum atomic E-state index is -0.509. The van der Waals surface area contributed by atoms with Crippen LogP contribution in [0.25, 0.3) is 0 Å². The first-order chi connectivity index (χ1) is 9.28. The zero-order chi connectivity index (χ0) is 15.2. The van der Waals surface area contributed by atoms with Gasteiger partial charge in [0, 0.05) is 19.2 Å². The number of ether oxygens (including phenoxy) is 1. The maximum Gasteiger partial charge on any atom is 0.407 e. The van der Waals surface area contributed by atoms with Gasteiger partial charge in [0.05, 0.1) is 0 Å². The molecule has 5 heteroatoms. The molecule has 0 radical (unpaired) electrons. The van der Waals surface area contributed by atoms with Gasteiger partial charge in [0.2, 0.25) is 0 Å². The Kier molecular flexibility index (Phi) is 5.67. The standard InChI is InChI=1S/C15H22N2O3/c1-11-7-9-16-12(10-11)13(18)6-5-8-17-14(19)20-15(2,3)4/h7,9-10H,5-6,8H2,1-4H3,(H,17,19). The van der Waals surface area contributed by atoms with Gasteiger partial charge in [0.15, 0.2) is 5.78 Å². The molecular weight excluding hydrogens is 256 g/mol. The lowest BCUT2D eigenvalue weighted by Gasteiger charge is -2.19. The number of alkyl carbamates (subject to hydrolysis) is 1. The molecule has 0 bridgehead atoms. The number of hydrogen-bond acceptors (Lipinski definition) is 4. The molecule has 0 aromatic carbocycles. The summed E-state index contributed by atoms with van der Waals surface area (Å²) >= 11 is 0. The Hall–Kier alpha value is -1.91. The second kappa shape index (κ2) is 7.03. The summed E-state index contributed by atoms with van der Waals surface area (Å²) in [5, 5.41) is 2.62. The van der Waals surface area contributed by atoms with Crippen molar-refractivity contribution < 1.29 is 14.3 Å². The van der Waals surface area contributed by atoms with E-state index in [9.17, 15) is 9.59 Å². The molecule has 1 rings (SSSR count). The Morgan fingerprint density at radius 3 is 2.65 bits per heavy atom. The third kappa shape index (κ3) is 6.31. The molecule has 1 heterocycles. The summed E-state index contributed by atoms with van der Waals surface area (Å²) in [6.45, 7) is 7.74. The van der Waals surface area contributed by atoms with Crippen molar-refractivity contribution in [3.8, 4) is 0 Å². The lowest BCUT2D eigenvalue weighted by atomic mass is 10.1. The molecule has 0 atom stereocenters. The van der Waals surface area contributed by atoms with E-state index in [-0.39, 0.29) is 5.78 Å². The monoisotopic (exact) mass is 278 g/mol. The number of amides is 1. The maximum absolute atomic E-state index is 11.9. The molecule has 0 fully saturated rings. The number of carbonyl (C=O) groups excluding carboxylic acids is 2. The van der Waals surface area contributed by atoms with Gasteiger partial charge >= 0.3 is 6.09 Å². The van der Waals surface area contributed by atoms with Crippen LogP contribution in [0.3, 0.4) is 0 Å². The number of ketones is 1. The number of nitrogens with zero attached hydrogens (tertiary/aromatic N) is 1. The van der Waals surface area contributed by atoms with Crippen LogP contribution in [0.5, 0.6) is 0 Å². The number of nitrogens with one attached hydrogen (secondary N) is 1. The number of aryl methyl sites for hydroxylation is 1. The van der Waals surface area contributed by atoms with E-state index >= 15 is 0 Å². The molecular formula is C15H22N2O3. The molecule has 1 aromatic rings. The van der Waals surface area contributed by atoms with Crippen LogP contribution in [0.2, 0.25) is 0 Å². The zero-order valence-electron chi connectivity index (χ0n) is 12.5. The zero-order valence-corrected chi connectivity index (χ0v) is 12.5. The summed E-state index contributed by atoms with van der Waals surface area (Å²) in [7, 11) is 0. The van der Waals surface area contributed by atoms with Crippen LogP contribution in [0.15, 0.2) is 18.3 Å². The first kappa shape index (κ1) is 16.1. The third-order valence-electron chi connectivity index (χ3n) is 2.45. The molecule has 0 aliphatic rings. The summed E-state index contributed by atoms with van der Waals surface area (Å²) in [5.41, 5.74) is 0.975. The first-order valence-electron chi connectivity index (χ1n) is 6.70. The normalized spacial score (nSPS) is 11.0. The summed E-state index contributed by atoms with van der Waals surface area (Å²) in [6.07, 6.45) is 2.08. The van der Waals surface area contributed by atoms with Gasteiger partial charge in [-0.25, -0.2) is 4.79 Å². The highest BCUT2D eigenvalue weighted by atomic mass is 16.6. The fourth-order valence-electron chi connectivity index (χ4n) is 1.57. The van der Waals surface area contributed by atoms with Crippen LogP contribution in [0, 0.1) is 6.92 Å². The van der Waals surface area contributed by atoms with E-state index in [0.29, 0.717) is 25.1 Å². The highest BCUT2D eigenvalue weighted by molar-refractivity contribution is 5.94. The Morgan fingerprint density at radius 2 is 2.05 bits per heavy atom. The fraction of sp³-hybridized carbons (Fsp3) is 0.533. The molecule has 20 heavy (non-hydrogen) atoms. The van der Waals surface area contributed by atoms with Gasteiger partial charge in [-0.05, 0) is 51.8 Å². The smallest absolute Gasteiger partial charge is 0.407 e. The Bertz CT molecular complexity index is 478. The number of rotatable bonds is 5. The van der Waals surface area contributed by atoms with Crippen LogP contribution in [-0.2, 0) is 4.74 Å². The minimum Gasteiger partial charge on any atom is -0.444 e. The molecule has 1 aromatic heterocycles. The van der Waals surface area contributed by atoms with Crippen LogP contribution in [0.4, 0.5) is 4.79 Å². The quantitative estimate of drug-likeness (QED) is 0.664. The minimum absolute atomic E-state index is 0.0142. The Labute approximate surface area is 119 Å². The topological polar surface area (TPSA) is 68.3 Å².